The number of benzene rings is 2. The van der Waals surface area contributed by atoms with Crippen LogP contribution in [0.4, 0.5) is 0 Å². The Labute approximate surface area is 198 Å². The zero-order valence-corrected chi connectivity index (χ0v) is 21.3. The average molecular weight is 463 g/mol. The minimum Gasteiger partial charge on any atom is -0.456 e. The van der Waals surface area contributed by atoms with Gasteiger partial charge in [-0.05, 0) is 41.3 Å². The van der Waals surface area contributed by atoms with Crippen LogP contribution in [0.25, 0.3) is 0 Å². The van der Waals surface area contributed by atoms with Crippen molar-refractivity contribution in [2.24, 2.45) is 5.92 Å². The van der Waals surface area contributed by atoms with E-state index in [1.165, 1.54) is 17.3 Å². The highest BCUT2D eigenvalue weighted by molar-refractivity contribution is 6.99. The highest BCUT2D eigenvalue weighted by Crippen LogP contribution is 2.49. The Kier molecular flexibility index (Phi) is 6.23. The van der Waals surface area contributed by atoms with Crippen LogP contribution < -0.4 is 10.4 Å². The van der Waals surface area contributed by atoms with Crippen LogP contribution in [0.1, 0.15) is 53.9 Å². The van der Waals surface area contributed by atoms with Crippen LogP contribution in [0.2, 0.25) is 5.04 Å². The maximum atomic E-state index is 12.3. The maximum Gasteiger partial charge on any atom is 0.303 e. The zero-order valence-electron chi connectivity index (χ0n) is 20.3. The van der Waals surface area contributed by atoms with E-state index < -0.39 is 13.9 Å². The summed E-state index contributed by atoms with van der Waals surface area (Å²) in [6.07, 6.45) is 3.31. The summed E-state index contributed by atoms with van der Waals surface area (Å²) in [6, 6.07) is 21.0. The van der Waals surface area contributed by atoms with Gasteiger partial charge in [0, 0.05) is 19.3 Å². The molecule has 2 aromatic carbocycles. The number of allylic oxidation sites excluding steroid dienone is 1. The molecule has 0 N–H and O–H groups in total. The summed E-state index contributed by atoms with van der Waals surface area (Å²) in [5.41, 5.74) is 0.195. The molecule has 0 saturated heterocycles. The van der Waals surface area contributed by atoms with E-state index in [0.717, 1.165) is 12.0 Å². The molecule has 1 fully saturated rings. The van der Waals surface area contributed by atoms with E-state index in [4.69, 9.17) is 9.16 Å². The summed E-state index contributed by atoms with van der Waals surface area (Å²) in [4.78, 5) is 24.6. The number of ether oxygens (including phenoxy) is 1. The highest BCUT2D eigenvalue weighted by Gasteiger charge is 2.58. The number of rotatable bonds is 5. The molecule has 0 spiro atoms. The number of ketones is 1. The lowest BCUT2D eigenvalue weighted by Crippen LogP contribution is -2.70. The van der Waals surface area contributed by atoms with E-state index >= 15 is 0 Å². The molecule has 0 amide bonds. The zero-order chi connectivity index (χ0) is 23.9. The molecule has 174 valence electrons. The maximum absolute atomic E-state index is 12.3. The summed E-state index contributed by atoms with van der Waals surface area (Å²) < 4.78 is 13.4. The van der Waals surface area contributed by atoms with E-state index in [0.29, 0.717) is 12.8 Å². The molecule has 0 unspecified atom stereocenters. The fraction of sp³-hybridized carbons (Fsp3) is 0.429. The van der Waals surface area contributed by atoms with Crippen LogP contribution in [0.3, 0.4) is 0 Å². The predicted octanol–water partition coefficient (Wildman–Crippen LogP) is 4.56. The first-order chi connectivity index (χ1) is 15.6. The van der Waals surface area contributed by atoms with Gasteiger partial charge in [0.2, 0.25) is 0 Å². The van der Waals surface area contributed by atoms with E-state index in [1.54, 1.807) is 6.08 Å². The Morgan fingerprint density at radius 2 is 1.55 bits per heavy atom. The van der Waals surface area contributed by atoms with E-state index in [2.05, 4.69) is 69.3 Å². The third-order valence-corrected chi connectivity index (χ3v) is 12.4. The monoisotopic (exact) mass is 462 g/mol. The van der Waals surface area contributed by atoms with Crippen molar-refractivity contribution in [3.8, 4) is 0 Å². The Morgan fingerprint density at radius 3 is 2.03 bits per heavy atom. The van der Waals surface area contributed by atoms with Crippen LogP contribution in [0.5, 0.6) is 0 Å². The van der Waals surface area contributed by atoms with Gasteiger partial charge in [-0.15, -0.1) is 0 Å². The number of hydrogen-bond donors (Lipinski definition) is 0. The van der Waals surface area contributed by atoms with Crippen LogP contribution >= 0.6 is 0 Å². The van der Waals surface area contributed by atoms with Gasteiger partial charge >= 0.3 is 5.97 Å². The number of carbonyl (C=O) groups is 2. The molecule has 4 rings (SSSR count). The number of hydrogen-bond acceptors (Lipinski definition) is 4. The molecule has 0 bridgehead atoms. The second-order valence-corrected chi connectivity index (χ2v) is 14.8. The Bertz CT molecular complexity index is 1010. The molecular formula is C28H34O4Si. The van der Waals surface area contributed by atoms with Gasteiger partial charge in [0.15, 0.2) is 5.78 Å². The fourth-order valence-electron chi connectivity index (χ4n) is 5.85. The second-order valence-electron chi connectivity index (χ2n) is 10.5. The number of esters is 1. The molecular weight excluding hydrogens is 428 g/mol. The fourth-order valence-corrected chi connectivity index (χ4v) is 10.6. The molecule has 5 heteroatoms. The van der Waals surface area contributed by atoms with E-state index in [-0.39, 0.29) is 28.8 Å². The molecule has 0 radical (unpaired) electrons. The topological polar surface area (TPSA) is 52.6 Å². The largest absolute Gasteiger partial charge is 0.456 e. The summed E-state index contributed by atoms with van der Waals surface area (Å²) in [5.74, 6) is -0.362. The van der Waals surface area contributed by atoms with Gasteiger partial charge in [-0.3, -0.25) is 9.59 Å². The molecule has 4 nitrogen and oxygen atoms in total. The average Bonchev–Trinajstić information content (AvgIpc) is 3.15. The van der Waals surface area contributed by atoms with Gasteiger partial charge in [0.25, 0.3) is 8.32 Å². The molecule has 2 aromatic rings. The molecule has 1 saturated carbocycles. The predicted molar refractivity (Wildman–Crippen MR) is 133 cm³/mol. The van der Waals surface area contributed by atoms with Gasteiger partial charge in [0.1, 0.15) is 5.60 Å². The first kappa shape index (κ1) is 23.6. The van der Waals surface area contributed by atoms with Crippen molar-refractivity contribution in [1.29, 1.82) is 0 Å². The lowest BCUT2D eigenvalue weighted by molar-refractivity contribution is -0.178. The number of fused-ring (bicyclic) bond motifs is 1. The number of carbonyl (C=O) groups excluding carboxylic acids is 2. The molecule has 3 atom stereocenters. The normalized spacial score (nSPS) is 25.4. The molecule has 0 aliphatic heterocycles. The van der Waals surface area contributed by atoms with Crippen molar-refractivity contribution in [1.82, 2.24) is 0 Å². The van der Waals surface area contributed by atoms with Crippen molar-refractivity contribution in [3.63, 3.8) is 0 Å². The van der Waals surface area contributed by atoms with Crippen molar-refractivity contribution in [3.05, 3.63) is 72.3 Å². The summed E-state index contributed by atoms with van der Waals surface area (Å²) in [5, 5.41) is 2.20. The van der Waals surface area contributed by atoms with Gasteiger partial charge < -0.3 is 9.16 Å². The van der Waals surface area contributed by atoms with Crippen molar-refractivity contribution < 1.29 is 18.8 Å². The van der Waals surface area contributed by atoms with E-state index in [9.17, 15) is 9.59 Å². The van der Waals surface area contributed by atoms with Crippen molar-refractivity contribution in [2.75, 3.05) is 0 Å². The SMILES string of the molecule is CC(=O)O[C@]1(C)[C@@H](O[Si](c2ccccc2)(c2ccccc2)C(C)(C)C)CCC2=CC(=O)C[C@H]21. The Morgan fingerprint density at radius 1 is 1.00 bits per heavy atom. The Hall–Kier alpha value is -2.50. The standard InChI is InChI=1S/C28H34O4Si/c1-20(29)31-28(5)25-19-22(30)18-21(25)16-17-26(28)32-33(27(2,3)4,23-12-8-6-9-13-23)24-14-10-7-11-15-24/h6-15,18,25-26H,16-17,19H2,1-5H3/t25-,26+,28+/m1/s1. The highest BCUT2D eigenvalue weighted by atomic mass is 28.4. The molecule has 2 aliphatic rings. The third-order valence-electron chi connectivity index (χ3n) is 7.33. The molecule has 2 aliphatic carbocycles. The van der Waals surface area contributed by atoms with Crippen LogP contribution in [-0.4, -0.2) is 31.8 Å². The molecule has 0 heterocycles. The van der Waals surface area contributed by atoms with Crippen molar-refractivity contribution >= 4 is 30.4 Å². The molecule has 33 heavy (non-hydrogen) atoms. The Balaban J connectivity index is 1.88. The van der Waals surface area contributed by atoms with Gasteiger partial charge in [-0.1, -0.05) is 87.0 Å². The first-order valence-electron chi connectivity index (χ1n) is 11.8. The lowest BCUT2D eigenvalue weighted by Gasteiger charge is -2.52. The van der Waals surface area contributed by atoms with Crippen molar-refractivity contribution in [2.45, 2.75) is 70.6 Å². The van der Waals surface area contributed by atoms with Gasteiger partial charge in [0.05, 0.1) is 6.10 Å². The van der Waals surface area contributed by atoms with Crippen LogP contribution in [0, 0.1) is 5.92 Å². The van der Waals surface area contributed by atoms with Crippen LogP contribution in [-0.2, 0) is 18.8 Å². The van der Waals surface area contributed by atoms with Crippen LogP contribution in [0.15, 0.2) is 72.3 Å². The van der Waals surface area contributed by atoms with Gasteiger partial charge in [-0.25, -0.2) is 0 Å². The summed E-state index contributed by atoms with van der Waals surface area (Å²) in [7, 11) is -2.83. The summed E-state index contributed by atoms with van der Waals surface area (Å²) in [6.45, 7) is 10.1. The minimum absolute atomic E-state index is 0.111. The first-order valence-corrected chi connectivity index (χ1v) is 13.7. The quantitative estimate of drug-likeness (QED) is 0.483. The minimum atomic E-state index is -2.83. The summed E-state index contributed by atoms with van der Waals surface area (Å²) >= 11 is 0. The third kappa shape index (κ3) is 4.13. The smallest absolute Gasteiger partial charge is 0.303 e. The lowest BCUT2D eigenvalue weighted by atomic mass is 9.72. The van der Waals surface area contributed by atoms with Gasteiger partial charge in [-0.2, -0.15) is 0 Å². The molecule has 0 aromatic heterocycles. The van der Waals surface area contributed by atoms with E-state index in [1.807, 2.05) is 19.1 Å². The second kappa shape index (κ2) is 8.69.